The molecule has 0 spiro atoms. The zero-order valence-electron chi connectivity index (χ0n) is 17.3. The summed E-state index contributed by atoms with van der Waals surface area (Å²) in [5.41, 5.74) is 11.1. The van der Waals surface area contributed by atoms with Crippen molar-refractivity contribution < 1.29 is 14.0 Å². The maximum absolute atomic E-state index is 13.3. The topological polar surface area (TPSA) is 76.5 Å². The van der Waals surface area contributed by atoms with E-state index in [-0.39, 0.29) is 23.1 Å². The second-order valence-corrected chi connectivity index (χ2v) is 8.10. The number of halogens is 1. The van der Waals surface area contributed by atoms with Gasteiger partial charge in [0.05, 0.1) is 23.5 Å². The van der Waals surface area contributed by atoms with Crippen molar-refractivity contribution in [2.75, 3.05) is 10.6 Å². The molecule has 0 aliphatic carbocycles. The summed E-state index contributed by atoms with van der Waals surface area (Å²) in [5, 5.41) is 0.536. The van der Waals surface area contributed by atoms with Crippen molar-refractivity contribution in [3.63, 3.8) is 0 Å². The Morgan fingerprint density at radius 1 is 0.938 bits per heavy atom. The molecule has 0 bridgehead atoms. The van der Waals surface area contributed by atoms with Gasteiger partial charge in [0.25, 0.3) is 0 Å². The summed E-state index contributed by atoms with van der Waals surface area (Å²) >= 11 is 5.97. The van der Waals surface area contributed by atoms with E-state index in [1.165, 1.54) is 6.92 Å². The average molecular weight is 443 g/mol. The Bertz CT molecular complexity index is 1370. The summed E-state index contributed by atoms with van der Waals surface area (Å²) in [4.78, 5) is 27.5. The van der Waals surface area contributed by atoms with Crippen LogP contribution in [0.1, 0.15) is 28.6 Å². The quantitative estimate of drug-likeness (QED) is 0.389. The van der Waals surface area contributed by atoms with Gasteiger partial charge in [0, 0.05) is 23.1 Å². The zero-order valence-corrected chi connectivity index (χ0v) is 18.0. The van der Waals surface area contributed by atoms with Gasteiger partial charge in [-0.1, -0.05) is 48.0 Å². The van der Waals surface area contributed by atoms with Gasteiger partial charge in [-0.15, -0.1) is 0 Å². The molecule has 0 atom stereocenters. The lowest BCUT2D eigenvalue weighted by Gasteiger charge is -2.27. The van der Waals surface area contributed by atoms with Crippen molar-refractivity contribution in [2.45, 2.75) is 13.5 Å². The van der Waals surface area contributed by atoms with Gasteiger partial charge in [0.15, 0.2) is 5.76 Å². The highest BCUT2D eigenvalue weighted by atomic mass is 35.5. The van der Waals surface area contributed by atoms with Crippen LogP contribution in [0.15, 0.2) is 77.2 Å². The molecule has 3 aromatic carbocycles. The van der Waals surface area contributed by atoms with E-state index in [0.29, 0.717) is 39.7 Å². The molecule has 0 radical (unpaired) electrons. The molecule has 32 heavy (non-hydrogen) atoms. The molecule has 6 heteroatoms. The number of hydrogen-bond donors (Lipinski definition) is 1. The standard InChI is InChI=1S/C26H19ClN2O3/c1-15(30)29-14-17-6-2-3-7-19(17)22-23(28)26(24(31)16-10-12-18(27)13-11-16)32-25(22)20-8-4-5-9-21(20)29/h2-13H,14,28H2,1H3. The van der Waals surface area contributed by atoms with Crippen LogP contribution in [0.25, 0.3) is 22.5 Å². The van der Waals surface area contributed by atoms with Gasteiger partial charge in [-0.3, -0.25) is 9.59 Å². The number of rotatable bonds is 2. The summed E-state index contributed by atoms with van der Waals surface area (Å²) in [5.74, 6) is 0.115. The Morgan fingerprint density at radius 3 is 2.31 bits per heavy atom. The van der Waals surface area contributed by atoms with Gasteiger partial charge in [-0.25, -0.2) is 0 Å². The lowest BCUT2D eigenvalue weighted by molar-refractivity contribution is -0.116. The minimum absolute atomic E-state index is 0.0678. The van der Waals surface area contributed by atoms with Crippen LogP contribution >= 0.6 is 11.6 Å². The van der Waals surface area contributed by atoms with Crippen LogP contribution in [0.5, 0.6) is 0 Å². The largest absolute Gasteiger partial charge is 0.450 e. The Morgan fingerprint density at radius 2 is 1.59 bits per heavy atom. The molecular formula is C26H19ClN2O3. The fraction of sp³-hybridized carbons (Fsp3) is 0.0769. The van der Waals surface area contributed by atoms with E-state index in [2.05, 4.69) is 0 Å². The average Bonchev–Trinajstić information content (AvgIpc) is 3.12. The number of carbonyl (C=O) groups excluding carboxylic acids is 2. The van der Waals surface area contributed by atoms with E-state index in [0.717, 1.165) is 11.1 Å². The number of nitrogens with two attached hydrogens (primary N) is 1. The first kappa shape index (κ1) is 20.1. The SMILES string of the molecule is CC(=O)N1Cc2ccccc2-c2c(oc(C(=O)c3ccc(Cl)cc3)c2N)-c2ccccc21. The van der Waals surface area contributed by atoms with Gasteiger partial charge >= 0.3 is 0 Å². The monoisotopic (exact) mass is 442 g/mol. The van der Waals surface area contributed by atoms with E-state index in [9.17, 15) is 9.59 Å². The van der Waals surface area contributed by atoms with E-state index in [4.69, 9.17) is 21.8 Å². The Kier molecular flexibility index (Phi) is 4.83. The van der Waals surface area contributed by atoms with Crippen molar-refractivity contribution in [3.8, 4) is 22.5 Å². The third kappa shape index (κ3) is 3.18. The molecule has 1 amide bonds. The smallest absolute Gasteiger partial charge is 0.230 e. The van der Waals surface area contributed by atoms with Gasteiger partial charge in [0.1, 0.15) is 5.76 Å². The second kappa shape index (κ2) is 7.70. The molecule has 5 nitrogen and oxygen atoms in total. The first-order chi connectivity index (χ1) is 15.5. The minimum atomic E-state index is -0.329. The molecule has 158 valence electrons. The molecule has 2 heterocycles. The van der Waals surface area contributed by atoms with Crippen molar-refractivity contribution >= 4 is 34.7 Å². The van der Waals surface area contributed by atoms with Crippen molar-refractivity contribution in [3.05, 3.63) is 94.7 Å². The van der Waals surface area contributed by atoms with Crippen LogP contribution in [-0.4, -0.2) is 11.7 Å². The number of benzene rings is 3. The van der Waals surface area contributed by atoms with E-state index in [1.54, 1.807) is 29.2 Å². The molecule has 5 rings (SSSR count). The normalized spacial score (nSPS) is 12.2. The molecule has 1 aliphatic rings. The maximum atomic E-state index is 13.3. The molecule has 1 aliphatic heterocycles. The highest BCUT2D eigenvalue weighted by Gasteiger charge is 2.31. The van der Waals surface area contributed by atoms with Crippen molar-refractivity contribution in [1.82, 2.24) is 0 Å². The maximum Gasteiger partial charge on any atom is 0.230 e. The third-order valence-corrected chi connectivity index (χ3v) is 5.94. The summed E-state index contributed by atoms with van der Waals surface area (Å²) in [6.45, 7) is 1.92. The van der Waals surface area contributed by atoms with E-state index in [1.807, 2.05) is 48.5 Å². The highest BCUT2D eigenvalue weighted by molar-refractivity contribution is 6.30. The first-order valence-corrected chi connectivity index (χ1v) is 10.5. The number of para-hydroxylation sites is 1. The van der Waals surface area contributed by atoms with Gasteiger partial charge in [-0.05, 0) is 47.5 Å². The van der Waals surface area contributed by atoms with Crippen LogP contribution in [0.2, 0.25) is 5.02 Å². The van der Waals surface area contributed by atoms with Crippen LogP contribution in [0.4, 0.5) is 11.4 Å². The van der Waals surface area contributed by atoms with Gasteiger partial charge in [-0.2, -0.15) is 0 Å². The minimum Gasteiger partial charge on any atom is -0.450 e. The summed E-state index contributed by atoms with van der Waals surface area (Å²) in [6.07, 6.45) is 0. The number of hydrogen-bond acceptors (Lipinski definition) is 4. The fourth-order valence-electron chi connectivity index (χ4n) is 4.14. The van der Waals surface area contributed by atoms with Crippen molar-refractivity contribution in [1.29, 1.82) is 0 Å². The number of nitrogens with zero attached hydrogens (tertiary/aromatic N) is 1. The van der Waals surface area contributed by atoms with Crippen LogP contribution in [0.3, 0.4) is 0 Å². The van der Waals surface area contributed by atoms with Gasteiger partial charge < -0.3 is 15.1 Å². The molecule has 0 unspecified atom stereocenters. The van der Waals surface area contributed by atoms with E-state index < -0.39 is 0 Å². The molecular weight excluding hydrogens is 424 g/mol. The number of ketones is 1. The number of anilines is 2. The lowest BCUT2D eigenvalue weighted by atomic mass is 9.92. The number of fused-ring (bicyclic) bond motifs is 5. The fourth-order valence-corrected chi connectivity index (χ4v) is 4.27. The van der Waals surface area contributed by atoms with Crippen molar-refractivity contribution in [2.24, 2.45) is 0 Å². The highest BCUT2D eigenvalue weighted by Crippen LogP contribution is 2.47. The third-order valence-electron chi connectivity index (χ3n) is 5.69. The molecule has 0 saturated heterocycles. The number of nitrogen functional groups attached to an aromatic ring is 1. The number of furan rings is 1. The van der Waals surface area contributed by atoms with Crippen LogP contribution < -0.4 is 10.6 Å². The Balaban J connectivity index is 1.80. The molecule has 4 aromatic rings. The predicted molar refractivity (Wildman–Crippen MR) is 126 cm³/mol. The summed E-state index contributed by atoms with van der Waals surface area (Å²) in [6, 6.07) is 21.8. The Labute approximate surface area is 190 Å². The zero-order chi connectivity index (χ0) is 22.4. The number of amides is 1. The molecule has 0 saturated carbocycles. The molecule has 2 N–H and O–H groups in total. The first-order valence-electron chi connectivity index (χ1n) is 10.1. The van der Waals surface area contributed by atoms with Gasteiger partial charge in [0.2, 0.25) is 11.7 Å². The predicted octanol–water partition coefficient (Wildman–Crippen LogP) is 5.95. The molecule has 1 aromatic heterocycles. The number of carbonyl (C=O) groups is 2. The van der Waals surface area contributed by atoms with Crippen LogP contribution in [-0.2, 0) is 11.3 Å². The summed E-state index contributed by atoms with van der Waals surface area (Å²) in [7, 11) is 0. The molecule has 0 fully saturated rings. The second-order valence-electron chi connectivity index (χ2n) is 7.66. The lowest BCUT2D eigenvalue weighted by Crippen LogP contribution is -2.29. The van der Waals surface area contributed by atoms with E-state index >= 15 is 0 Å². The summed E-state index contributed by atoms with van der Waals surface area (Å²) < 4.78 is 6.18. The van der Waals surface area contributed by atoms with Crippen LogP contribution in [0, 0.1) is 0 Å². The Hall–Kier alpha value is -3.83.